The van der Waals surface area contributed by atoms with E-state index < -0.39 is 0 Å². The Hall–Kier alpha value is -2.28. The van der Waals surface area contributed by atoms with Gasteiger partial charge in [-0.15, -0.1) is 0 Å². The third-order valence-electron chi connectivity index (χ3n) is 4.25. The molecule has 2 rings (SSSR count). The number of carbonyl (C=O) groups is 2. The zero-order valence-electron chi connectivity index (χ0n) is 16.6. The first kappa shape index (κ1) is 21.0. The molecule has 27 heavy (non-hydrogen) atoms. The van der Waals surface area contributed by atoms with Crippen molar-refractivity contribution in [3.8, 4) is 11.5 Å². The molecule has 1 aliphatic heterocycles. The molecule has 1 aliphatic rings. The van der Waals surface area contributed by atoms with Crippen molar-refractivity contribution in [3.05, 3.63) is 23.8 Å². The number of para-hydroxylation sites is 1. The highest BCUT2D eigenvalue weighted by atomic mass is 16.5. The lowest BCUT2D eigenvalue weighted by Gasteiger charge is -2.25. The van der Waals surface area contributed by atoms with Crippen LogP contribution < -0.4 is 14.8 Å². The molecule has 7 heteroatoms. The van der Waals surface area contributed by atoms with Crippen LogP contribution in [-0.2, 0) is 16.1 Å². The van der Waals surface area contributed by atoms with Gasteiger partial charge in [0.05, 0.1) is 32.8 Å². The van der Waals surface area contributed by atoms with Crippen molar-refractivity contribution in [2.45, 2.75) is 32.7 Å². The van der Waals surface area contributed by atoms with Crippen molar-refractivity contribution < 1.29 is 19.1 Å². The number of benzene rings is 1. The van der Waals surface area contributed by atoms with Crippen molar-refractivity contribution >= 4 is 11.8 Å². The van der Waals surface area contributed by atoms with Gasteiger partial charge >= 0.3 is 0 Å². The van der Waals surface area contributed by atoms with Gasteiger partial charge in [-0.2, -0.15) is 0 Å². The van der Waals surface area contributed by atoms with E-state index in [9.17, 15) is 9.59 Å². The summed E-state index contributed by atoms with van der Waals surface area (Å²) in [7, 11) is 3.67. The topological polar surface area (TPSA) is 71.1 Å². The average Bonchev–Trinajstić information content (AvgIpc) is 2.62. The highest BCUT2D eigenvalue weighted by molar-refractivity contribution is 5.85. The van der Waals surface area contributed by atoms with Crippen LogP contribution in [0.1, 0.15) is 31.7 Å². The second-order valence-corrected chi connectivity index (χ2v) is 6.92. The molecule has 0 saturated carbocycles. The average molecular weight is 377 g/mol. The Morgan fingerprint density at radius 3 is 2.81 bits per heavy atom. The zero-order valence-corrected chi connectivity index (χ0v) is 16.6. The molecule has 150 valence electrons. The molecule has 0 atom stereocenters. The van der Waals surface area contributed by atoms with E-state index in [1.165, 1.54) is 0 Å². The summed E-state index contributed by atoms with van der Waals surface area (Å²) in [6, 6.07) is 5.68. The Morgan fingerprint density at radius 1 is 1.26 bits per heavy atom. The normalized spacial score (nSPS) is 16.3. The molecule has 0 unspecified atom stereocenters. The lowest BCUT2D eigenvalue weighted by atomic mass is 10.1. The first-order valence-electron chi connectivity index (χ1n) is 9.58. The van der Waals surface area contributed by atoms with Gasteiger partial charge in [0.1, 0.15) is 0 Å². The van der Waals surface area contributed by atoms with Gasteiger partial charge < -0.3 is 24.6 Å². The number of nitrogens with one attached hydrogen (secondary N) is 1. The third kappa shape index (κ3) is 6.75. The van der Waals surface area contributed by atoms with Crippen LogP contribution in [-0.4, -0.2) is 68.6 Å². The smallest absolute Gasteiger partial charge is 0.239 e. The second kappa shape index (κ2) is 10.8. The zero-order chi connectivity index (χ0) is 19.6. The van der Waals surface area contributed by atoms with Gasteiger partial charge in [-0.05, 0) is 46.3 Å². The van der Waals surface area contributed by atoms with Crippen molar-refractivity contribution in [1.82, 2.24) is 15.1 Å². The minimum Gasteiger partial charge on any atom is -0.490 e. The molecular formula is C20H31N3O4. The van der Waals surface area contributed by atoms with Gasteiger partial charge in [-0.25, -0.2) is 0 Å². The lowest BCUT2D eigenvalue weighted by molar-refractivity contribution is -0.137. The fourth-order valence-corrected chi connectivity index (χ4v) is 2.96. The minimum atomic E-state index is -0.134. The number of hydrogen-bond donors (Lipinski definition) is 1. The van der Waals surface area contributed by atoms with E-state index in [4.69, 9.17) is 9.47 Å². The summed E-state index contributed by atoms with van der Waals surface area (Å²) < 4.78 is 11.8. The van der Waals surface area contributed by atoms with E-state index in [2.05, 4.69) is 5.32 Å². The number of carbonyl (C=O) groups excluding carboxylic acids is 2. The van der Waals surface area contributed by atoms with Gasteiger partial charge in [0.15, 0.2) is 11.5 Å². The maximum atomic E-state index is 12.7. The standard InChI is InChI=1S/C20H31N3O4/c1-4-26-17-10-8-9-16-13-23(19(25)15-22(2)3)14-18(24)21-11-6-5-7-12-27-20(16)17/h8-10H,4-7,11-15H2,1-3H3,(H,21,24). The largest absolute Gasteiger partial charge is 0.490 e. The molecule has 0 aliphatic carbocycles. The lowest BCUT2D eigenvalue weighted by Crippen LogP contribution is -2.43. The summed E-state index contributed by atoms with van der Waals surface area (Å²) in [5.41, 5.74) is 0.847. The molecule has 7 nitrogen and oxygen atoms in total. The van der Waals surface area contributed by atoms with Crippen LogP contribution in [0.25, 0.3) is 0 Å². The van der Waals surface area contributed by atoms with Crippen LogP contribution in [0, 0.1) is 0 Å². The molecule has 0 spiro atoms. The first-order chi connectivity index (χ1) is 13.0. The Kier molecular flexibility index (Phi) is 8.39. The Bertz CT molecular complexity index is 634. The van der Waals surface area contributed by atoms with Gasteiger partial charge in [0.25, 0.3) is 0 Å². The number of likely N-dealkylation sites (N-methyl/N-ethyl adjacent to an activating group) is 1. The van der Waals surface area contributed by atoms with Crippen LogP contribution in [0.5, 0.6) is 11.5 Å². The maximum Gasteiger partial charge on any atom is 0.239 e. The summed E-state index contributed by atoms with van der Waals surface area (Å²) in [5, 5.41) is 2.90. The highest BCUT2D eigenvalue weighted by Gasteiger charge is 2.21. The summed E-state index contributed by atoms with van der Waals surface area (Å²) in [4.78, 5) is 28.4. The molecule has 2 amide bonds. The predicted molar refractivity (Wildman–Crippen MR) is 104 cm³/mol. The fourth-order valence-electron chi connectivity index (χ4n) is 2.96. The van der Waals surface area contributed by atoms with Crippen LogP contribution in [0.2, 0.25) is 0 Å². The highest BCUT2D eigenvalue weighted by Crippen LogP contribution is 2.32. The third-order valence-corrected chi connectivity index (χ3v) is 4.25. The molecule has 0 bridgehead atoms. The SMILES string of the molecule is CCOc1cccc2c1OCCCCCNC(=O)CN(C(=O)CN(C)C)C2. The molecule has 0 saturated heterocycles. The molecule has 0 fully saturated rings. The Labute approximate surface area is 161 Å². The van der Waals surface area contributed by atoms with E-state index in [1.54, 1.807) is 9.80 Å². The first-order valence-corrected chi connectivity index (χ1v) is 9.58. The van der Waals surface area contributed by atoms with Gasteiger partial charge in [-0.1, -0.05) is 12.1 Å². The molecule has 0 aromatic heterocycles. The number of amides is 2. The molecule has 1 N–H and O–H groups in total. The molecule has 0 radical (unpaired) electrons. The number of ether oxygens (including phenoxy) is 2. The quantitative estimate of drug-likeness (QED) is 0.864. The second-order valence-electron chi connectivity index (χ2n) is 6.92. The fraction of sp³-hybridized carbons (Fsp3) is 0.600. The maximum absolute atomic E-state index is 12.7. The van der Waals surface area contributed by atoms with Crippen LogP contribution in [0.15, 0.2) is 18.2 Å². The van der Waals surface area contributed by atoms with Gasteiger partial charge in [0, 0.05) is 12.1 Å². The Morgan fingerprint density at radius 2 is 2.07 bits per heavy atom. The summed E-state index contributed by atoms with van der Waals surface area (Å²) in [6.07, 6.45) is 2.76. The predicted octanol–water partition coefficient (Wildman–Crippen LogP) is 1.65. The molecular weight excluding hydrogens is 346 g/mol. The van der Waals surface area contributed by atoms with E-state index >= 15 is 0 Å². The number of rotatable bonds is 4. The summed E-state index contributed by atoms with van der Waals surface area (Å²) in [6.45, 7) is 4.24. The van der Waals surface area contributed by atoms with Crippen LogP contribution >= 0.6 is 0 Å². The summed E-state index contributed by atoms with van der Waals surface area (Å²) in [5.74, 6) is 1.11. The van der Waals surface area contributed by atoms with Crippen LogP contribution in [0.3, 0.4) is 0 Å². The van der Waals surface area contributed by atoms with Gasteiger partial charge in [0.2, 0.25) is 11.8 Å². The monoisotopic (exact) mass is 377 g/mol. The van der Waals surface area contributed by atoms with Crippen molar-refractivity contribution in [2.75, 3.05) is 46.9 Å². The van der Waals surface area contributed by atoms with E-state index in [1.807, 2.05) is 39.2 Å². The van der Waals surface area contributed by atoms with Crippen molar-refractivity contribution in [2.24, 2.45) is 0 Å². The number of fused-ring (bicyclic) bond motifs is 1. The molecule has 1 heterocycles. The van der Waals surface area contributed by atoms with E-state index in [0.717, 1.165) is 24.8 Å². The molecule has 1 aromatic rings. The molecule has 1 aromatic carbocycles. The van der Waals surface area contributed by atoms with Crippen molar-refractivity contribution in [3.63, 3.8) is 0 Å². The number of hydrogen-bond acceptors (Lipinski definition) is 5. The van der Waals surface area contributed by atoms with Crippen LogP contribution in [0.4, 0.5) is 0 Å². The van der Waals surface area contributed by atoms with E-state index in [-0.39, 0.29) is 24.9 Å². The summed E-state index contributed by atoms with van der Waals surface area (Å²) >= 11 is 0. The van der Waals surface area contributed by atoms with Gasteiger partial charge in [-0.3, -0.25) is 9.59 Å². The van der Waals surface area contributed by atoms with Crippen molar-refractivity contribution in [1.29, 1.82) is 0 Å². The number of nitrogens with zero attached hydrogens (tertiary/aromatic N) is 2. The minimum absolute atomic E-state index is 0.0327. The Balaban J connectivity index is 2.32. The van der Waals surface area contributed by atoms with E-state index in [0.29, 0.717) is 37.8 Å².